The van der Waals surface area contributed by atoms with E-state index in [1.807, 2.05) is 24.3 Å². The number of benzene rings is 3. The van der Waals surface area contributed by atoms with Crippen molar-refractivity contribution in [2.45, 2.75) is 10.9 Å². The van der Waals surface area contributed by atoms with E-state index in [9.17, 15) is 22.8 Å². The predicted molar refractivity (Wildman–Crippen MR) is 119 cm³/mol. The summed E-state index contributed by atoms with van der Waals surface area (Å²) in [6.07, 6.45) is 0. The highest BCUT2D eigenvalue weighted by Gasteiger charge is 2.16. The zero-order valence-electron chi connectivity index (χ0n) is 17.0. The molecule has 10 heteroatoms. The van der Waals surface area contributed by atoms with Crippen molar-refractivity contribution in [3.05, 3.63) is 89.2 Å². The standard InChI is InChI=1S/C23H17F3N4O2S/c24-15-9-10-18(21(26)20(15)25)28-19(31)11-27-22(32)14-7-5-13(6-8-14)12-33-23-29-16-3-1-2-4-17(16)30-23/h1-10H,11-12H2,(H,27,32)(H,28,31)(H,29,30). The zero-order chi connectivity index (χ0) is 23.4. The lowest BCUT2D eigenvalue weighted by Crippen LogP contribution is -2.33. The molecule has 2 amide bonds. The summed E-state index contributed by atoms with van der Waals surface area (Å²) in [6.45, 7) is -0.471. The number of fused-ring (bicyclic) bond motifs is 1. The molecule has 4 aromatic rings. The van der Waals surface area contributed by atoms with Crippen LogP contribution in [-0.4, -0.2) is 28.3 Å². The maximum atomic E-state index is 13.6. The van der Waals surface area contributed by atoms with E-state index in [-0.39, 0.29) is 0 Å². The number of para-hydroxylation sites is 2. The Kier molecular flexibility index (Phi) is 6.64. The third kappa shape index (κ3) is 5.35. The maximum Gasteiger partial charge on any atom is 0.251 e. The number of H-pyrrole nitrogens is 1. The first kappa shape index (κ1) is 22.4. The second-order valence-corrected chi connectivity index (χ2v) is 7.96. The molecule has 0 fully saturated rings. The second kappa shape index (κ2) is 9.78. The van der Waals surface area contributed by atoms with Crippen molar-refractivity contribution >= 4 is 40.3 Å². The number of halogens is 3. The summed E-state index contributed by atoms with van der Waals surface area (Å²) in [6, 6.07) is 16.2. The van der Waals surface area contributed by atoms with Gasteiger partial charge < -0.3 is 15.6 Å². The van der Waals surface area contributed by atoms with Crippen molar-refractivity contribution in [1.82, 2.24) is 15.3 Å². The Balaban J connectivity index is 1.28. The van der Waals surface area contributed by atoms with Crippen LogP contribution in [0.2, 0.25) is 0 Å². The van der Waals surface area contributed by atoms with E-state index in [0.29, 0.717) is 17.4 Å². The van der Waals surface area contributed by atoms with Gasteiger partial charge in [-0.2, -0.15) is 0 Å². The minimum absolute atomic E-state index is 0.333. The largest absolute Gasteiger partial charge is 0.343 e. The number of nitrogens with zero attached hydrogens (tertiary/aromatic N) is 1. The number of anilines is 1. The van der Waals surface area contributed by atoms with Gasteiger partial charge in [0, 0.05) is 11.3 Å². The van der Waals surface area contributed by atoms with Gasteiger partial charge in [-0.15, -0.1) is 0 Å². The number of thioether (sulfide) groups is 1. The third-order valence-corrected chi connectivity index (χ3v) is 5.62. The number of amides is 2. The van der Waals surface area contributed by atoms with Gasteiger partial charge in [0.05, 0.1) is 23.3 Å². The zero-order valence-corrected chi connectivity index (χ0v) is 17.8. The summed E-state index contributed by atoms with van der Waals surface area (Å²) >= 11 is 1.53. The number of imidazole rings is 1. The monoisotopic (exact) mass is 470 g/mol. The second-order valence-electron chi connectivity index (χ2n) is 7.00. The minimum atomic E-state index is -1.68. The number of carbonyl (C=O) groups excluding carboxylic acids is 2. The van der Waals surface area contributed by atoms with Crippen LogP contribution in [0, 0.1) is 17.5 Å². The van der Waals surface area contributed by atoms with Crippen LogP contribution >= 0.6 is 11.8 Å². The molecule has 0 saturated heterocycles. The predicted octanol–water partition coefficient (Wildman–Crippen LogP) is 4.64. The molecule has 4 rings (SSSR count). The smallest absolute Gasteiger partial charge is 0.251 e. The number of hydrogen-bond acceptors (Lipinski definition) is 4. The summed E-state index contributed by atoms with van der Waals surface area (Å²) in [5.41, 5.74) is 2.65. The molecule has 0 unspecified atom stereocenters. The Morgan fingerprint density at radius 3 is 2.45 bits per heavy atom. The molecule has 1 aromatic heterocycles. The van der Waals surface area contributed by atoms with Crippen LogP contribution in [-0.2, 0) is 10.5 Å². The van der Waals surface area contributed by atoms with E-state index >= 15 is 0 Å². The highest BCUT2D eigenvalue weighted by atomic mass is 32.2. The molecule has 0 spiro atoms. The molecule has 3 aromatic carbocycles. The molecule has 33 heavy (non-hydrogen) atoms. The van der Waals surface area contributed by atoms with Gasteiger partial charge in [-0.25, -0.2) is 18.2 Å². The fourth-order valence-corrected chi connectivity index (χ4v) is 3.82. The number of nitrogens with one attached hydrogen (secondary N) is 3. The summed E-state index contributed by atoms with van der Waals surface area (Å²) in [5, 5.41) is 5.28. The van der Waals surface area contributed by atoms with Crippen molar-refractivity contribution in [3.8, 4) is 0 Å². The number of aromatic amines is 1. The topological polar surface area (TPSA) is 86.9 Å². The minimum Gasteiger partial charge on any atom is -0.343 e. The van der Waals surface area contributed by atoms with Gasteiger partial charge in [-0.1, -0.05) is 36.0 Å². The SMILES string of the molecule is O=C(CNC(=O)c1ccc(CSc2nc3ccccc3[nH]2)cc1)Nc1ccc(F)c(F)c1F. The molecule has 0 aliphatic carbocycles. The normalized spacial score (nSPS) is 10.9. The lowest BCUT2D eigenvalue weighted by atomic mass is 10.1. The third-order valence-electron chi connectivity index (χ3n) is 4.68. The van der Waals surface area contributed by atoms with Gasteiger partial charge in [0.1, 0.15) is 0 Å². The Morgan fingerprint density at radius 1 is 0.939 bits per heavy atom. The first-order valence-corrected chi connectivity index (χ1v) is 10.8. The van der Waals surface area contributed by atoms with E-state index in [0.717, 1.165) is 27.8 Å². The van der Waals surface area contributed by atoms with Crippen molar-refractivity contribution in [1.29, 1.82) is 0 Å². The molecule has 1 heterocycles. The molecule has 0 aliphatic heterocycles. The molecule has 0 radical (unpaired) electrons. The van der Waals surface area contributed by atoms with E-state index in [2.05, 4.69) is 20.6 Å². The maximum absolute atomic E-state index is 13.6. The molecule has 0 bridgehead atoms. The van der Waals surface area contributed by atoms with E-state index in [1.54, 1.807) is 24.3 Å². The number of rotatable bonds is 7. The average molecular weight is 470 g/mol. The van der Waals surface area contributed by atoms with Crippen molar-refractivity contribution in [2.24, 2.45) is 0 Å². The summed E-state index contributed by atoms with van der Waals surface area (Å²) in [5.74, 6) is -5.21. The summed E-state index contributed by atoms with van der Waals surface area (Å²) in [7, 11) is 0. The molecular formula is C23H17F3N4O2S. The van der Waals surface area contributed by atoms with Crippen LogP contribution in [0.25, 0.3) is 11.0 Å². The number of hydrogen-bond donors (Lipinski definition) is 3. The first-order chi connectivity index (χ1) is 15.9. The van der Waals surface area contributed by atoms with Gasteiger partial charge in [0.15, 0.2) is 22.6 Å². The van der Waals surface area contributed by atoms with Crippen LogP contribution in [0.3, 0.4) is 0 Å². The molecule has 3 N–H and O–H groups in total. The van der Waals surface area contributed by atoms with Crippen LogP contribution < -0.4 is 10.6 Å². The highest BCUT2D eigenvalue weighted by molar-refractivity contribution is 7.98. The summed E-state index contributed by atoms with van der Waals surface area (Å²) < 4.78 is 39.8. The fourth-order valence-electron chi connectivity index (χ4n) is 2.98. The van der Waals surface area contributed by atoms with Gasteiger partial charge in [-0.05, 0) is 42.0 Å². The number of carbonyl (C=O) groups is 2. The quantitative estimate of drug-likeness (QED) is 0.271. The Hall–Kier alpha value is -3.79. The van der Waals surface area contributed by atoms with Crippen LogP contribution in [0.15, 0.2) is 65.8 Å². The molecule has 168 valence electrons. The number of aromatic nitrogens is 2. The fraction of sp³-hybridized carbons (Fsp3) is 0.0870. The van der Waals surface area contributed by atoms with E-state index in [4.69, 9.17) is 0 Å². The highest BCUT2D eigenvalue weighted by Crippen LogP contribution is 2.23. The van der Waals surface area contributed by atoms with Crippen LogP contribution in [0.4, 0.5) is 18.9 Å². The first-order valence-electron chi connectivity index (χ1n) is 9.79. The molecule has 0 aliphatic rings. The lowest BCUT2D eigenvalue weighted by Gasteiger charge is -2.09. The van der Waals surface area contributed by atoms with Crippen LogP contribution in [0.1, 0.15) is 15.9 Å². The molecule has 0 atom stereocenters. The Bertz CT molecular complexity index is 1290. The van der Waals surface area contributed by atoms with Gasteiger partial charge in [0.2, 0.25) is 5.91 Å². The van der Waals surface area contributed by atoms with E-state index in [1.165, 1.54) is 11.8 Å². The molecule has 6 nitrogen and oxygen atoms in total. The average Bonchev–Trinajstić information content (AvgIpc) is 3.25. The van der Waals surface area contributed by atoms with Gasteiger partial charge >= 0.3 is 0 Å². The van der Waals surface area contributed by atoms with Crippen molar-refractivity contribution in [3.63, 3.8) is 0 Å². The Labute approximate surface area is 190 Å². The van der Waals surface area contributed by atoms with E-state index < -0.39 is 41.5 Å². The van der Waals surface area contributed by atoms with Crippen molar-refractivity contribution in [2.75, 3.05) is 11.9 Å². The van der Waals surface area contributed by atoms with Gasteiger partial charge in [0.25, 0.3) is 5.91 Å². The van der Waals surface area contributed by atoms with Gasteiger partial charge in [-0.3, -0.25) is 9.59 Å². The molecular weight excluding hydrogens is 453 g/mol. The molecule has 0 saturated carbocycles. The summed E-state index contributed by atoms with van der Waals surface area (Å²) in [4.78, 5) is 31.9. The van der Waals surface area contributed by atoms with Crippen LogP contribution in [0.5, 0.6) is 0 Å². The van der Waals surface area contributed by atoms with Crippen molar-refractivity contribution < 1.29 is 22.8 Å². The lowest BCUT2D eigenvalue weighted by molar-refractivity contribution is -0.115. The Morgan fingerprint density at radius 2 is 1.70 bits per heavy atom.